The molecule has 0 amide bonds. The van der Waals surface area contributed by atoms with Gasteiger partial charge in [0.1, 0.15) is 4.60 Å². The van der Waals surface area contributed by atoms with Gasteiger partial charge in [-0.1, -0.05) is 7.43 Å². The van der Waals surface area contributed by atoms with E-state index in [4.69, 9.17) is 0 Å². The van der Waals surface area contributed by atoms with Crippen molar-refractivity contribution in [2.24, 2.45) is 7.05 Å². The first-order valence-corrected chi connectivity index (χ1v) is 3.20. The Labute approximate surface area is 64.0 Å². The van der Waals surface area contributed by atoms with E-state index in [1.807, 2.05) is 24.7 Å². The largest absolute Gasteiger partial charge is 0.205 e. The molecule has 9 heavy (non-hydrogen) atoms. The first-order chi connectivity index (χ1) is 3.70. The Bertz CT molecular complexity index is 173. The maximum atomic E-state index is 3.31. The molecular weight excluding hydrogens is 180 g/mol. The van der Waals surface area contributed by atoms with Gasteiger partial charge in [-0.25, -0.2) is 0 Å². The van der Waals surface area contributed by atoms with Gasteiger partial charge in [0.2, 0.25) is 5.69 Å². The lowest BCUT2D eigenvalue weighted by Crippen LogP contribution is -2.32. The molecule has 0 spiro atoms. The molecule has 3 heteroatoms. The van der Waals surface area contributed by atoms with Crippen molar-refractivity contribution in [2.75, 3.05) is 0 Å². The number of nitrogens with one attached hydrogen (secondary N) is 1. The summed E-state index contributed by atoms with van der Waals surface area (Å²) in [7, 11) is 1.97. The summed E-state index contributed by atoms with van der Waals surface area (Å²) in [5.41, 5.74) is 1.22. The molecule has 0 aliphatic carbocycles. The Morgan fingerprint density at radius 2 is 2.22 bits per heavy atom. The number of aromatic nitrogens is 2. The third-order valence-corrected chi connectivity index (χ3v) is 1.55. The maximum Gasteiger partial charge on any atom is 0.205 e. The van der Waals surface area contributed by atoms with Crippen molar-refractivity contribution < 1.29 is 4.68 Å². The molecule has 0 saturated heterocycles. The number of H-pyrrole nitrogens is 1. The third-order valence-electron chi connectivity index (χ3n) is 1.14. The van der Waals surface area contributed by atoms with E-state index in [0.29, 0.717) is 0 Å². The smallest absolute Gasteiger partial charge is 0.159 e. The van der Waals surface area contributed by atoms with Crippen molar-refractivity contribution in [2.45, 2.75) is 14.4 Å². The van der Waals surface area contributed by atoms with Gasteiger partial charge in [0.05, 0.1) is 0 Å². The van der Waals surface area contributed by atoms with E-state index >= 15 is 0 Å². The van der Waals surface area contributed by atoms with Crippen molar-refractivity contribution in [1.82, 2.24) is 5.10 Å². The second-order valence-electron chi connectivity index (χ2n) is 1.80. The molecule has 52 valence electrons. The van der Waals surface area contributed by atoms with E-state index in [1.54, 1.807) is 0 Å². The molecule has 0 unspecified atom stereocenters. The Morgan fingerprint density at radius 1 is 1.67 bits per heavy atom. The van der Waals surface area contributed by atoms with Crippen LogP contribution in [-0.4, -0.2) is 5.10 Å². The minimum Gasteiger partial charge on any atom is -0.159 e. The number of halogens is 1. The van der Waals surface area contributed by atoms with Crippen molar-refractivity contribution in [3.8, 4) is 0 Å². The quantitative estimate of drug-likeness (QED) is 0.601. The summed E-state index contributed by atoms with van der Waals surface area (Å²) in [6.45, 7) is 2.04. The summed E-state index contributed by atoms with van der Waals surface area (Å²) in [4.78, 5) is 0. The molecule has 0 aliphatic heterocycles. The van der Waals surface area contributed by atoms with E-state index in [2.05, 4.69) is 21.0 Å². The van der Waals surface area contributed by atoms with Gasteiger partial charge < -0.3 is 0 Å². The van der Waals surface area contributed by atoms with Crippen LogP contribution >= 0.6 is 15.9 Å². The lowest BCUT2D eigenvalue weighted by Gasteiger charge is -1.75. The zero-order chi connectivity index (χ0) is 6.15. The molecule has 1 N–H and O–H groups in total. The maximum absolute atomic E-state index is 3.31. The number of nitrogens with zero attached hydrogens (tertiary/aromatic N) is 1. The van der Waals surface area contributed by atoms with E-state index in [1.165, 1.54) is 5.69 Å². The van der Waals surface area contributed by atoms with Crippen LogP contribution in [-0.2, 0) is 7.05 Å². The van der Waals surface area contributed by atoms with E-state index in [-0.39, 0.29) is 7.43 Å². The van der Waals surface area contributed by atoms with Gasteiger partial charge in [-0.15, -0.1) is 4.68 Å². The van der Waals surface area contributed by atoms with E-state index in [9.17, 15) is 0 Å². The fraction of sp³-hybridized carbons (Fsp3) is 0.500. The van der Waals surface area contributed by atoms with Gasteiger partial charge in [-0.05, 0) is 15.9 Å². The molecule has 2 nitrogen and oxygen atoms in total. The Balaban J connectivity index is 0.000000640. The molecule has 1 rings (SSSR count). The minimum absolute atomic E-state index is 0. The number of hydrogen-bond donors (Lipinski definition) is 1. The fourth-order valence-corrected chi connectivity index (χ4v) is 1.16. The van der Waals surface area contributed by atoms with Crippen LogP contribution in [0.3, 0.4) is 0 Å². The fourth-order valence-electron chi connectivity index (χ4n) is 0.561. The lowest BCUT2D eigenvalue weighted by molar-refractivity contribution is -0.732. The molecule has 0 fully saturated rings. The molecule has 1 aromatic rings. The number of hydrogen-bond acceptors (Lipinski definition) is 0. The molecule has 0 bridgehead atoms. The SMILES string of the molecule is C.Cc1cc(Br)[nH][n+]1C. The number of aromatic amines is 1. The monoisotopic (exact) mass is 191 g/mol. The zero-order valence-corrected chi connectivity index (χ0v) is 6.49. The van der Waals surface area contributed by atoms with Crippen LogP contribution in [0.1, 0.15) is 13.1 Å². The average molecular weight is 192 g/mol. The lowest BCUT2D eigenvalue weighted by atomic mass is 10.5. The molecule has 0 aromatic carbocycles. The van der Waals surface area contributed by atoms with Crippen LogP contribution in [0.5, 0.6) is 0 Å². The highest BCUT2D eigenvalue weighted by Crippen LogP contribution is 2.02. The highest BCUT2D eigenvalue weighted by Gasteiger charge is 2.01. The predicted molar refractivity (Wildman–Crippen MR) is 41.1 cm³/mol. The number of aryl methyl sites for hydroxylation is 2. The van der Waals surface area contributed by atoms with E-state index in [0.717, 1.165) is 4.60 Å². The predicted octanol–water partition coefficient (Wildman–Crippen LogP) is 1.55. The minimum atomic E-state index is 0. The van der Waals surface area contributed by atoms with Gasteiger partial charge in [-0.2, -0.15) is 5.10 Å². The normalized spacial score (nSPS) is 8.78. The molecule has 0 aliphatic rings. The van der Waals surface area contributed by atoms with Gasteiger partial charge in [0, 0.05) is 13.0 Å². The van der Waals surface area contributed by atoms with Gasteiger partial charge >= 0.3 is 0 Å². The Morgan fingerprint density at radius 3 is 2.33 bits per heavy atom. The van der Waals surface area contributed by atoms with Crippen LogP contribution < -0.4 is 4.68 Å². The highest BCUT2D eigenvalue weighted by atomic mass is 79.9. The molecule has 1 heterocycles. The number of rotatable bonds is 0. The second-order valence-corrected chi connectivity index (χ2v) is 2.66. The summed E-state index contributed by atoms with van der Waals surface area (Å²) >= 11 is 3.31. The van der Waals surface area contributed by atoms with Gasteiger partial charge in [-0.3, -0.25) is 0 Å². The van der Waals surface area contributed by atoms with Gasteiger partial charge in [0.15, 0.2) is 7.05 Å². The Hall–Kier alpha value is -0.310. The van der Waals surface area contributed by atoms with Gasteiger partial charge in [0.25, 0.3) is 0 Å². The van der Waals surface area contributed by atoms with Crippen LogP contribution in [0.15, 0.2) is 10.7 Å². The van der Waals surface area contributed by atoms with Crippen molar-refractivity contribution in [1.29, 1.82) is 0 Å². The zero-order valence-electron chi connectivity index (χ0n) is 4.90. The molecular formula is C6H12BrN2+. The second kappa shape index (κ2) is 3.01. The van der Waals surface area contributed by atoms with Crippen molar-refractivity contribution in [3.63, 3.8) is 0 Å². The molecule has 0 radical (unpaired) electrons. The first-order valence-electron chi connectivity index (χ1n) is 2.41. The highest BCUT2D eigenvalue weighted by molar-refractivity contribution is 9.10. The van der Waals surface area contributed by atoms with Crippen molar-refractivity contribution >= 4 is 15.9 Å². The summed E-state index contributed by atoms with van der Waals surface area (Å²) in [5, 5.41) is 3.04. The average Bonchev–Trinajstić information content (AvgIpc) is 1.85. The molecule has 0 saturated carbocycles. The molecule has 0 atom stereocenters. The summed E-state index contributed by atoms with van der Waals surface area (Å²) < 4.78 is 2.97. The van der Waals surface area contributed by atoms with E-state index < -0.39 is 0 Å². The van der Waals surface area contributed by atoms with Crippen LogP contribution in [0.2, 0.25) is 0 Å². The summed E-state index contributed by atoms with van der Waals surface area (Å²) in [6, 6.07) is 2.03. The standard InChI is InChI=1S/C5H7BrN2.CH4/c1-4-3-5(6)7-8(4)2;/h3H,1-2H3;1H4/p+1. The molecule has 1 aromatic heterocycles. The van der Waals surface area contributed by atoms with Crippen LogP contribution in [0.25, 0.3) is 0 Å². The van der Waals surface area contributed by atoms with Crippen LogP contribution in [0.4, 0.5) is 0 Å². The summed E-state index contributed by atoms with van der Waals surface area (Å²) in [6.07, 6.45) is 0. The van der Waals surface area contributed by atoms with Crippen LogP contribution in [0, 0.1) is 6.92 Å². The summed E-state index contributed by atoms with van der Waals surface area (Å²) in [5.74, 6) is 0. The van der Waals surface area contributed by atoms with Crippen molar-refractivity contribution in [3.05, 3.63) is 16.4 Å². The first kappa shape index (κ1) is 8.69. The topological polar surface area (TPSA) is 19.7 Å². The Kier molecular flexibility index (Phi) is 2.91. The third kappa shape index (κ3) is 1.82.